The molecule has 0 fully saturated rings. The van der Waals surface area contributed by atoms with Crippen LogP contribution in [0.1, 0.15) is 11.1 Å². The van der Waals surface area contributed by atoms with Gasteiger partial charge in [-0.25, -0.2) is 0 Å². The van der Waals surface area contributed by atoms with Crippen LogP contribution in [0.4, 0.5) is 0 Å². The predicted molar refractivity (Wildman–Crippen MR) is 66.2 cm³/mol. The Bertz CT molecular complexity index is 424. The highest BCUT2D eigenvalue weighted by molar-refractivity contribution is 5.49. The molecule has 0 heterocycles. The van der Waals surface area contributed by atoms with E-state index in [-0.39, 0.29) is 0 Å². The van der Waals surface area contributed by atoms with Crippen molar-refractivity contribution in [3.05, 3.63) is 23.3 Å². The summed E-state index contributed by atoms with van der Waals surface area (Å²) in [5.74, 6) is 1.64. The molecule has 0 atom stereocenters. The molecule has 0 spiro atoms. The summed E-state index contributed by atoms with van der Waals surface area (Å²) in [5.41, 5.74) is 2.04. The van der Waals surface area contributed by atoms with E-state index in [1.165, 1.54) is 0 Å². The topological polar surface area (TPSA) is 45.5 Å². The molecule has 0 aromatic heterocycles. The molecule has 92 valence electrons. The summed E-state index contributed by atoms with van der Waals surface area (Å²) in [4.78, 5) is 1.93. The van der Waals surface area contributed by atoms with Gasteiger partial charge in [-0.2, -0.15) is 5.26 Å². The minimum absolute atomic E-state index is 0.397. The molecule has 0 N–H and O–H groups in total. The largest absolute Gasteiger partial charge is 0.496 e. The molecule has 0 aliphatic carbocycles. The van der Waals surface area contributed by atoms with Gasteiger partial charge in [0.25, 0.3) is 0 Å². The molecule has 1 rings (SSSR count). The van der Waals surface area contributed by atoms with Crippen LogP contribution >= 0.6 is 0 Å². The Morgan fingerprint density at radius 3 is 2.53 bits per heavy atom. The van der Waals surface area contributed by atoms with Crippen LogP contribution < -0.4 is 9.47 Å². The van der Waals surface area contributed by atoms with Crippen molar-refractivity contribution in [1.29, 1.82) is 5.26 Å². The van der Waals surface area contributed by atoms with Gasteiger partial charge < -0.3 is 9.47 Å². The molecular weight excluding hydrogens is 216 g/mol. The predicted octanol–water partition coefficient (Wildman–Crippen LogP) is 1.97. The molecule has 4 nitrogen and oxygen atoms in total. The van der Waals surface area contributed by atoms with Crippen LogP contribution in [0.15, 0.2) is 12.1 Å². The molecule has 0 radical (unpaired) electrons. The van der Waals surface area contributed by atoms with Crippen LogP contribution in [-0.2, 0) is 6.54 Å². The molecular formula is C13H18N2O2. The van der Waals surface area contributed by atoms with E-state index >= 15 is 0 Å². The molecule has 0 aliphatic heterocycles. The lowest BCUT2D eigenvalue weighted by Crippen LogP contribution is -2.18. The zero-order chi connectivity index (χ0) is 12.8. The lowest BCUT2D eigenvalue weighted by Gasteiger charge is -2.18. The number of rotatable bonds is 5. The maximum absolute atomic E-state index is 8.64. The van der Waals surface area contributed by atoms with Gasteiger partial charge >= 0.3 is 0 Å². The number of benzene rings is 1. The summed E-state index contributed by atoms with van der Waals surface area (Å²) < 4.78 is 10.7. The number of ether oxygens (including phenoxy) is 2. The van der Waals surface area contributed by atoms with E-state index in [0.29, 0.717) is 13.1 Å². The van der Waals surface area contributed by atoms with E-state index in [0.717, 1.165) is 22.6 Å². The fourth-order valence-electron chi connectivity index (χ4n) is 1.83. The average Bonchev–Trinajstić information content (AvgIpc) is 2.30. The van der Waals surface area contributed by atoms with Crippen LogP contribution in [-0.4, -0.2) is 32.7 Å². The van der Waals surface area contributed by atoms with Gasteiger partial charge in [-0.15, -0.1) is 0 Å². The van der Waals surface area contributed by atoms with Crippen LogP contribution in [0.25, 0.3) is 0 Å². The van der Waals surface area contributed by atoms with Crippen LogP contribution in [0.3, 0.4) is 0 Å². The molecule has 0 saturated carbocycles. The van der Waals surface area contributed by atoms with Gasteiger partial charge in [-0.05, 0) is 20.0 Å². The van der Waals surface area contributed by atoms with E-state index in [4.69, 9.17) is 14.7 Å². The molecule has 17 heavy (non-hydrogen) atoms. The fourth-order valence-corrected chi connectivity index (χ4v) is 1.83. The Kier molecular flexibility index (Phi) is 4.80. The minimum atomic E-state index is 0.397. The SMILES string of the molecule is COc1ccc(CN(C)CC#N)c(OC)c1C. The van der Waals surface area contributed by atoms with Gasteiger partial charge in [0.15, 0.2) is 0 Å². The molecule has 0 aliphatic rings. The maximum atomic E-state index is 8.64. The van der Waals surface area contributed by atoms with E-state index in [1.54, 1.807) is 14.2 Å². The zero-order valence-electron chi connectivity index (χ0n) is 10.8. The number of hydrogen-bond acceptors (Lipinski definition) is 4. The van der Waals surface area contributed by atoms with E-state index in [9.17, 15) is 0 Å². The highest BCUT2D eigenvalue weighted by atomic mass is 16.5. The van der Waals surface area contributed by atoms with Crippen LogP contribution in [0.5, 0.6) is 11.5 Å². The van der Waals surface area contributed by atoms with Crippen molar-refractivity contribution in [3.63, 3.8) is 0 Å². The Hall–Kier alpha value is -1.73. The second-order valence-corrected chi connectivity index (χ2v) is 3.92. The van der Waals surface area contributed by atoms with Crippen molar-refractivity contribution in [2.24, 2.45) is 0 Å². The molecule has 0 unspecified atom stereocenters. The second kappa shape index (κ2) is 6.12. The number of nitrogens with zero attached hydrogens (tertiary/aromatic N) is 2. The molecule has 4 heteroatoms. The first-order valence-electron chi connectivity index (χ1n) is 5.40. The van der Waals surface area contributed by atoms with Crippen molar-refractivity contribution in [2.45, 2.75) is 13.5 Å². The van der Waals surface area contributed by atoms with E-state index in [1.807, 2.05) is 31.0 Å². The van der Waals surface area contributed by atoms with Gasteiger partial charge in [0.05, 0.1) is 26.8 Å². The average molecular weight is 234 g/mol. The summed E-state index contributed by atoms with van der Waals surface area (Å²) in [6.45, 7) is 3.04. The van der Waals surface area contributed by atoms with Crippen LogP contribution in [0.2, 0.25) is 0 Å². The lowest BCUT2D eigenvalue weighted by atomic mass is 10.1. The summed E-state index contributed by atoms with van der Waals surface area (Å²) in [5, 5.41) is 8.64. The van der Waals surface area contributed by atoms with Gasteiger partial charge in [0.1, 0.15) is 11.5 Å². The van der Waals surface area contributed by atoms with Gasteiger partial charge in [-0.1, -0.05) is 6.07 Å². The molecule has 0 bridgehead atoms. The number of nitriles is 1. The minimum Gasteiger partial charge on any atom is -0.496 e. The van der Waals surface area contributed by atoms with Crippen molar-refractivity contribution in [2.75, 3.05) is 27.8 Å². The zero-order valence-corrected chi connectivity index (χ0v) is 10.8. The summed E-state index contributed by atoms with van der Waals surface area (Å²) >= 11 is 0. The number of methoxy groups -OCH3 is 2. The first-order chi connectivity index (χ1) is 8.13. The van der Waals surface area contributed by atoms with Crippen molar-refractivity contribution >= 4 is 0 Å². The summed E-state index contributed by atoms with van der Waals surface area (Å²) in [6, 6.07) is 6.02. The molecule has 1 aromatic carbocycles. The van der Waals surface area contributed by atoms with Gasteiger partial charge in [0.2, 0.25) is 0 Å². The maximum Gasteiger partial charge on any atom is 0.129 e. The Morgan fingerprint density at radius 1 is 1.29 bits per heavy atom. The monoisotopic (exact) mass is 234 g/mol. The van der Waals surface area contributed by atoms with E-state index in [2.05, 4.69) is 6.07 Å². The van der Waals surface area contributed by atoms with Crippen molar-refractivity contribution in [3.8, 4) is 17.6 Å². The molecule has 1 aromatic rings. The van der Waals surface area contributed by atoms with Crippen molar-refractivity contribution < 1.29 is 9.47 Å². The first kappa shape index (κ1) is 13.3. The van der Waals surface area contributed by atoms with Crippen molar-refractivity contribution in [1.82, 2.24) is 4.90 Å². The molecule has 0 amide bonds. The smallest absolute Gasteiger partial charge is 0.129 e. The Balaban J connectivity index is 3.01. The first-order valence-corrected chi connectivity index (χ1v) is 5.40. The quantitative estimate of drug-likeness (QED) is 0.731. The van der Waals surface area contributed by atoms with Gasteiger partial charge in [0, 0.05) is 17.7 Å². The molecule has 0 saturated heterocycles. The lowest BCUT2D eigenvalue weighted by molar-refractivity contribution is 0.345. The van der Waals surface area contributed by atoms with Gasteiger partial charge in [-0.3, -0.25) is 4.90 Å². The third-order valence-electron chi connectivity index (χ3n) is 2.64. The third-order valence-corrected chi connectivity index (χ3v) is 2.64. The second-order valence-electron chi connectivity index (χ2n) is 3.92. The highest BCUT2D eigenvalue weighted by Gasteiger charge is 2.12. The Labute approximate surface area is 102 Å². The number of hydrogen-bond donors (Lipinski definition) is 0. The third kappa shape index (κ3) is 3.11. The van der Waals surface area contributed by atoms with Crippen LogP contribution in [0, 0.1) is 18.3 Å². The normalized spacial score (nSPS) is 10.1. The fraction of sp³-hybridized carbons (Fsp3) is 0.462. The van der Waals surface area contributed by atoms with E-state index < -0.39 is 0 Å². The standard InChI is InChI=1S/C13H18N2O2/c1-10-12(16-3)6-5-11(13(10)17-4)9-15(2)8-7-14/h5-6H,8-9H2,1-4H3. The Morgan fingerprint density at radius 2 is 2.00 bits per heavy atom. The summed E-state index contributed by atoms with van der Waals surface area (Å²) in [6.07, 6.45) is 0. The summed E-state index contributed by atoms with van der Waals surface area (Å²) in [7, 11) is 5.20. The highest BCUT2D eigenvalue weighted by Crippen LogP contribution is 2.31.